The number of thiazole rings is 1. The maximum atomic E-state index is 12.8. The van der Waals surface area contributed by atoms with Gasteiger partial charge >= 0.3 is 0 Å². The lowest BCUT2D eigenvalue weighted by Crippen LogP contribution is -2.50. The van der Waals surface area contributed by atoms with Crippen molar-refractivity contribution >= 4 is 32.4 Å². The summed E-state index contributed by atoms with van der Waals surface area (Å²) in [6, 6.07) is 7.38. The summed E-state index contributed by atoms with van der Waals surface area (Å²) in [6.07, 6.45) is 2.73. The van der Waals surface area contributed by atoms with Gasteiger partial charge in [0.25, 0.3) is 0 Å². The lowest BCUT2D eigenvalue weighted by Gasteiger charge is -2.33. The van der Waals surface area contributed by atoms with Gasteiger partial charge in [0.05, 0.1) is 11.4 Å². The van der Waals surface area contributed by atoms with Crippen molar-refractivity contribution in [3.8, 4) is 11.3 Å². The molecule has 0 spiro atoms. The monoisotopic (exact) mass is 407 g/mol. The highest BCUT2D eigenvalue weighted by molar-refractivity contribution is 7.89. The van der Waals surface area contributed by atoms with Crippen LogP contribution in [0.1, 0.15) is 38.2 Å². The molecule has 1 N–H and O–H groups in total. The number of sulfonamides is 1. The molecule has 1 amide bonds. The number of rotatable bonds is 6. The van der Waals surface area contributed by atoms with E-state index in [1.54, 1.807) is 0 Å². The summed E-state index contributed by atoms with van der Waals surface area (Å²) in [5.41, 5.74) is 2.96. The van der Waals surface area contributed by atoms with Crippen LogP contribution in [-0.4, -0.2) is 42.0 Å². The van der Waals surface area contributed by atoms with E-state index in [1.165, 1.54) is 21.2 Å². The van der Waals surface area contributed by atoms with Gasteiger partial charge in [-0.15, -0.1) is 11.3 Å². The molecule has 1 fully saturated rings. The zero-order valence-electron chi connectivity index (χ0n) is 15.6. The maximum Gasteiger partial charge on any atom is 0.244 e. The number of benzene rings is 1. The van der Waals surface area contributed by atoms with Gasteiger partial charge in [0.15, 0.2) is 5.13 Å². The number of nitrogens with one attached hydrogen (secondary N) is 1. The number of amides is 1. The van der Waals surface area contributed by atoms with Crippen molar-refractivity contribution in [1.82, 2.24) is 9.29 Å². The van der Waals surface area contributed by atoms with E-state index in [4.69, 9.17) is 0 Å². The largest absolute Gasteiger partial charge is 0.301 e. The summed E-state index contributed by atoms with van der Waals surface area (Å²) in [6.45, 7) is 4.27. The molecular formula is C19H25N3O3S2. The van der Waals surface area contributed by atoms with Crippen LogP contribution in [0.15, 0.2) is 29.6 Å². The van der Waals surface area contributed by atoms with Crippen LogP contribution in [0.4, 0.5) is 5.13 Å². The number of hydrogen-bond acceptors (Lipinski definition) is 5. The molecule has 1 aromatic carbocycles. The molecule has 1 aliphatic heterocycles. The fourth-order valence-corrected chi connectivity index (χ4v) is 5.72. The molecule has 3 rings (SSSR count). The second kappa shape index (κ2) is 8.50. The first-order valence-electron chi connectivity index (χ1n) is 9.23. The normalized spacial score (nSPS) is 18.4. The number of nitrogens with zero attached hydrogens (tertiary/aromatic N) is 2. The lowest BCUT2D eigenvalue weighted by atomic mass is 10.0. The topological polar surface area (TPSA) is 79.4 Å². The summed E-state index contributed by atoms with van der Waals surface area (Å²) in [5, 5.41) is 5.21. The van der Waals surface area contributed by atoms with Crippen LogP contribution >= 0.6 is 11.3 Å². The number of piperidine rings is 1. The Morgan fingerprint density at radius 2 is 2.04 bits per heavy atom. The van der Waals surface area contributed by atoms with Crippen LogP contribution in [0.5, 0.6) is 0 Å². The van der Waals surface area contributed by atoms with Crippen LogP contribution in [0, 0.1) is 6.92 Å². The summed E-state index contributed by atoms with van der Waals surface area (Å²) in [5.74, 6) is -0.217. The van der Waals surface area contributed by atoms with Crippen LogP contribution < -0.4 is 5.32 Å². The van der Waals surface area contributed by atoms with Crippen molar-refractivity contribution in [1.29, 1.82) is 0 Å². The fourth-order valence-electron chi connectivity index (χ4n) is 3.25. The van der Waals surface area contributed by atoms with E-state index in [9.17, 15) is 13.2 Å². The van der Waals surface area contributed by atoms with Gasteiger partial charge in [0.1, 0.15) is 6.04 Å². The minimum absolute atomic E-state index is 0.0750. The van der Waals surface area contributed by atoms with Gasteiger partial charge in [-0.2, -0.15) is 4.31 Å². The van der Waals surface area contributed by atoms with E-state index in [0.29, 0.717) is 24.5 Å². The van der Waals surface area contributed by atoms with Gasteiger partial charge in [-0.25, -0.2) is 13.4 Å². The summed E-state index contributed by atoms with van der Waals surface area (Å²) >= 11 is 1.35. The van der Waals surface area contributed by atoms with Crippen molar-refractivity contribution in [2.75, 3.05) is 17.6 Å². The zero-order valence-corrected chi connectivity index (χ0v) is 17.3. The Morgan fingerprint density at radius 1 is 1.30 bits per heavy atom. The number of carbonyl (C=O) groups is 1. The Hall–Kier alpha value is -1.77. The van der Waals surface area contributed by atoms with E-state index in [2.05, 4.69) is 10.3 Å². The molecule has 1 saturated heterocycles. The third-order valence-electron chi connectivity index (χ3n) is 4.66. The number of carbonyl (C=O) groups excluding carboxylic acids is 1. The molecule has 2 heterocycles. The molecule has 1 aromatic heterocycles. The third kappa shape index (κ3) is 4.75. The predicted octanol–water partition coefficient (Wildman–Crippen LogP) is 3.65. The van der Waals surface area contributed by atoms with Crippen molar-refractivity contribution in [3.63, 3.8) is 0 Å². The van der Waals surface area contributed by atoms with E-state index in [1.807, 2.05) is 43.5 Å². The van der Waals surface area contributed by atoms with E-state index in [0.717, 1.165) is 24.1 Å². The molecule has 0 aliphatic carbocycles. The summed E-state index contributed by atoms with van der Waals surface area (Å²) < 4.78 is 26.4. The van der Waals surface area contributed by atoms with Crippen LogP contribution in [0.3, 0.4) is 0 Å². The minimum atomic E-state index is -3.41. The van der Waals surface area contributed by atoms with Crippen LogP contribution in [0.25, 0.3) is 11.3 Å². The Morgan fingerprint density at radius 3 is 2.74 bits per heavy atom. The molecule has 6 nitrogen and oxygen atoms in total. The highest BCUT2D eigenvalue weighted by Crippen LogP contribution is 2.27. The predicted molar refractivity (Wildman–Crippen MR) is 109 cm³/mol. The smallest absolute Gasteiger partial charge is 0.244 e. The second-order valence-electron chi connectivity index (χ2n) is 6.83. The number of anilines is 1. The number of aryl methyl sites for hydroxylation is 1. The highest BCUT2D eigenvalue weighted by Gasteiger charge is 2.36. The van der Waals surface area contributed by atoms with Crippen molar-refractivity contribution < 1.29 is 13.2 Å². The quantitative estimate of drug-likeness (QED) is 0.793. The number of aromatic nitrogens is 1. The van der Waals surface area contributed by atoms with Gasteiger partial charge in [-0.1, -0.05) is 43.2 Å². The molecule has 8 heteroatoms. The van der Waals surface area contributed by atoms with E-state index >= 15 is 0 Å². The molecule has 1 aliphatic rings. The van der Waals surface area contributed by atoms with E-state index in [-0.39, 0.29) is 11.7 Å². The van der Waals surface area contributed by atoms with E-state index < -0.39 is 16.1 Å². The van der Waals surface area contributed by atoms with Gasteiger partial charge in [0.2, 0.25) is 15.9 Å². The fraction of sp³-hybridized carbons (Fsp3) is 0.474. The average Bonchev–Trinajstić information content (AvgIpc) is 3.10. The Bertz CT molecular complexity index is 891. The number of hydrogen-bond donors (Lipinski definition) is 1. The Labute approximate surface area is 164 Å². The first kappa shape index (κ1) is 20.0. The average molecular weight is 408 g/mol. The lowest BCUT2D eigenvalue weighted by molar-refractivity contribution is -0.120. The minimum Gasteiger partial charge on any atom is -0.301 e. The van der Waals surface area contributed by atoms with Crippen molar-refractivity contribution in [2.24, 2.45) is 0 Å². The molecule has 2 aromatic rings. The maximum absolute atomic E-state index is 12.8. The first-order valence-corrected chi connectivity index (χ1v) is 11.7. The molecule has 27 heavy (non-hydrogen) atoms. The molecule has 1 atom stereocenters. The highest BCUT2D eigenvalue weighted by atomic mass is 32.2. The van der Waals surface area contributed by atoms with Crippen molar-refractivity contribution in [2.45, 2.75) is 45.6 Å². The Balaban J connectivity index is 1.73. The molecule has 0 bridgehead atoms. The SMILES string of the molecule is CCCS(=O)(=O)N1CCCCC1C(=O)Nc1nc(-c2ccc(C)cc2)cs1. The molecule has 0 radical (unpaired) electrons. The van der Waals surface area contributed by atoms with Gasteiger partial charge in [-0.05, 0) is 26.2 Å². The zero-order chi connectivity index (χ0) is 19.4. The summed E-state index contributed by atoms with van der Waals surface area (Å²) in [7, 11) is -3.41. The first-order chi connectivity index (χ1) is 12.9. The molecular weight excluding hydrogens is 382 g/mol. The van der Waals surface area contributed by atoms with Crippen LogP contribution in [0.2, 0.25) is 0 Å². The van der Waals surface area contributed by atoms with Gasteiger partial charge in [0, 0.05) is 17.5 Å². The van der Waals surface area contributed by atoms with Crippen LogP contribution in [-0.2, 0) is 14.8 Å². The van der Waals surface area contributed by atoms with Crippen molar-refractivity contribution in [3.05, 3.63) is 35.2 Å². The van der Waals surface area contributed by atoms with Gasteiger partial charge in [-0.3, -0.25) is 4.79 Å². The molecule has 146 valence electrons. The second-order valence-corrected chi connectivity index (χ2v) is 9.73. The standard InChI is InChI=1S/C19H25N3O3S2/c1-3-12-27(24,25)22-11-5-4-6-17(22)18(23)21-19-20-16(13-26-19)15-9-7-14(2)8-10-15/h7-10,13,17H,3-6,11-12H2,1-2H3,(H,20,21,23). The third-order valence-corrected chi connectivity index (χ3v) is 7.49. The molecule has 0 saturated carbocycles. The summed E-state index contributed by atoms with van der Waals surface area (Å²) in [4.78, 5) is 17.3. The Kier molecular flexibility index (Phi) is 6.29. The molecule has 1 unspecified atom stereocenters. The van der Waals surface area contributed by atoms with Gasteiger partial charge < -0.3 is 5.32 Å².